The molecule has 2 aromatic carbocycles. The molecule has 2 aromatic rings. The Labute approximate surface area is 158 Å². The number of para-hydroxylation sites is 1. The molecule has 0 aliphatic carbocycles. The molecular formula is C20H23N3O4. The first-order valence-electron chi connectivity index (χ1n) is 8.56. The highest BCUT2D eigenvalue weighted by Gasteiger charge is 2.08. The number of hydrogen-bond acceptors (Lipinski definition) is 4. The van der Waals surface area contributed by atoms with Gasteiger partial charge in [-0.1, -0.05) is 18.2 Å². The molecule has 3 N–H and O–H groups in total. The molecule has 7 heteroatoms. The molecule has 0 spiro atoms. The number of aryl methyl sites for hydroxylation is 1. The number of anilines is 1. The van der Waals surface area contributed by atoms with Crippen LogP contribution in [0.2, 0.25) is 0 Å². The zero-order valence-corrected chi connectivity index (χ0v) is 15.4. The van der Waals surface area contributed by atoms with Gasteiger partial charge in [-0.15, -0.1) is 0 Å². The summed E-state index contributed by atoms with van der Waals surface area (Å²) >= 11 is 0. The lowest BCUT2D eigenvalue weighted by molar-refractivity contribution is -0.119. The van der Waals surface area contributed by atoms with Gasteiger partial charge in [-0.05, 0) is 42.8 Å². The number of carbonyl (C=O) groups excluding carboxylic acids is 3. The molecule has 0 aromatic heterocycles. The van der Waals surface area contributed by atoms with Gasteiger partial charge in [-0.2, -0.15) is 0 Å². The molecule has 7 nitrogen and oxygen atoms in total. The summed E-state index contributed by atoms with van der Waals surface area (Å²) in [6, 6.07) is 14.0. The molecule has 3 amide bonds. The molecule has 0 saturated carbocycles. The molecule has 27 heavy (non-hydrogen) atoms. The van der Waals surface area contributed by atoms with E-state index in [2.05, 4.69) is 16.0 Å². The SMILES string of the molecule is CC(=O)NCCNC(=O)c1ccc(NC(=O)COc2ccccc2C)cc1. The number of rotatable bonds is 8. The smallest absolute Gasteiger partial charge is 0.262 e. The third-order valence-corrected chi connectivity index (χ3v) is 3.67. The van der Waals surface area contributed by atoms with Crippen molar-refractivity contribution in [3.8, 4) is 5.75 Å². The third kappa shape index (κ3) is 6.81. The first kappa shape index (κ1) is 20.0. The summed E-state index contributed by atoms with van der Waals surface area (Å²) < 4.78 is 5.50. The number of benzene rings is 2. The zero-order chi connectivity index (χ0) is 19.6. The normalized spacial score (nSPS) is 10.0. The fraction of sp³-hybridized carbons (Fsp3) is 0.250. The van der Waals surface area contributed by atoms with E-state index in [0.717, 1.165) is 5.56 Å². The third-order valence-electron chi connectivity index (χ3n) is 3.67. The van der Waals surface area contributed by atoms with Gasteiger partial charge in [-0.25, -0.2) is 0 Å². The predicted molar refractivity (Wildman–Crippen MR) is 103 cm³/mol. The Hall–Kier alpha value is -3.35. The number of nitrogens with one attached hydrogen (secondary N) is 3. The van der Waals surface area contributed by atoms with Crippen molar-refractivity contribution in [2.24, 2.45) is 0 Å². The minimum Gasteiger partial charge on any atom is -0.483 e. The maximum absolute atomic E-state index is 12.0. The highest BCUT2D eigenvalue weighted by molar-refractivity contribution is 5.96. The number of carbonyl (C=O) groups is 3. The van der Waals surface area contributed by atoms with Gasteiger partial charge in [0.25, 0.3) is 11.8 Å². The van der Waals surface area contributed by atoms with E-state index >= 15 is 0 Å². The van der Waals surface area contributed by atoms with Crippen LogP contribution in [0.3, 0.4) is 0 Å². The highest BCUT2D eigenvalue weighted by atomic mass is 16.5. The highest BCUT2D eigenvalue weighted by Crippen LogP contribution is 2.16. The van der Waals surface area contributed by atoms with Gasteiger partial charge in [0.1, 0.15) is 5.75 Å². The van der Waals surface area contributed by atoms with Crippen LogP contribution in [0, 0.1) is 6.92 Å². The summed E-state index contributed by atoms with van der Waals surface area (Å²) in [5.41, 5.74) is 1.99. The van der Waals surface area contributed by atoms with E-state index in [0.29, 0.717) is 30.1 Å². The Bertz CT molecular complexity index is 803. The van der Waals surface area contributed by atoms with Crippen LogP contribution in [0.25, 0.3) is 0 Å². The molecule has 142 valence electrons. The van der Waals surface area contributed by atoms with E-state index in [1.165, 1.54) is 6.92 Å². The van der Waals surface area contributed by atoms with Gasteiger partial charge in [0.2, 0.25) is 5.91 Å². The van der Waals surface area contributed by atoms with E-state index in [9.17, 15) is 14.4 Å². The summed E-state index contributed by atoms with van der Waals surface area (Å²) in [6.45, 7) is 3.94. The van der Waals surface area contributed by atoms with Crippen molar-refractivity contribution in [1.82, 2.24) is 10.6 Å². The summed E-state index contributed by atoms with van der Waals surface area (Å²) in [5.74, 6) is -0.0124. The summed E-state index contributed by atoms with van der Waals surface area (Å²) in [4.78, 5) is 34.7. The van der Waals surface area contributed by atoms with E-state index < -0.39 is 0 Å². The lowest BCUT2D eigenvalue weighted by Gasteiger charge is -2.10. The van der Waals surface area contributed by atoms with Crippen LogP contribution in [0.15, 0.2) is 48.5 Å². The number of hydrogen-bond donors (Lipinski definition) is 3. The maximum atomic E-state index is 12.0. The molecule has 0 bridgehead atoms. The second-order valence-corrected chi connectivity index (χ2v) is 5.92. The molecule has 0 radical (unpaired) electrons. The first-order chi connectivity index (χ1) is 13.0. The first-order valence-corrected chi connectivity index (χ1v) is 8.56. The molecule has 2 rings (SSSR count). The molecule has 0 saturated heterocycles. The summed E-state index contributed by atoms with van der Waals surface area (Å²) in [5, 5.41) is 8.01. The Morgan fingerprint density at radius 2 is 1.59 bits per heavy atom. The van der Waals surface area contributed by atoms with E-state index in [-0.39, 0.29) is 24.3 Å². The quantitative estimate of drug-likeness (QED) is 0.619. The van der Waals surface area contributed by atoms with Crippen LogP contribution < -0.4 is 20.7 Å². The Balaban J connectivity index is 1.79. The minimum absolute atomic E-state index is 0.101. The van der Waals surface area contributed by atoms with Crippen LogP contribution >= 0.6 is 0 Å². The zero-order valence-electron chi connectivity index (χ0n) is 15.4. The summed E-state index contributed by atoms with van der Waals surface area (Å²) in [7, 11) is 0. The topological polar surface area (TPSA) is 96.5 Å². The molecule has 0 heterocycles. The fourth-order valence-corrected chi connectivity index (χ4v) is 2.28. The van der Waals surface area contributed by atoms with E-state index in [1.807, 2.05) is 31.2 Å². The van der Waals surface area contributed by atoms with Crippen molar-refractivity contribution in [3.05, 3.63) is 59.7 Å². The largest absolute Gasteiger partial charge is 0.483 e. The van der Waals surface area contributed by atoms with Crippen molar-refractivity contribution in [2.75, 3.05) is 25.0 Å². The molecule has 0 fully saturated rings. The van der Waals surface area contributed by atoms with E-state index in [4.69, 9.17) is 4.74 Å². The molecule has 0 aliphatic heterocycles. The minimum atomic E-state index is -0.286. The van der Waals surface area contributed by atoms with Gasteiger partial charge < -0.3 is 20.7 Å². The average Bonchev–Trinajstić information content (AvgIpc) is 2.65. The Kier molecular flexibility index (Phi) is 7.37. The van der Waals surface area contributed by atoms with Gasteiger partial charge in [0.05, 0.1) is 0 Å². The molecular weight excluding hydrogens is 346 g/mol. The number of amides is 3. The summed E-state index contributed by atoms with van der Waals surface area (Å²) in [6.07, 6.45) is 0. The standard InChI is InChI=1S/C20H23N3O4/c1-14-5-3-4-6-18(14)27-13-19(25)23-17-9-7-16(8-10-17)20(26)22-12-11-21-15(2)24/h3-10H,11-13H2,1-2H3,(H,21,24)(H,22,26)(H,23,25). The van der Waals surface area contributed by atoms with Crippen molar-refractivity contribution < 1.29 is 19.1 Å². The van der Waals surface area contributed by atoms with Crippen LogP contribution in [0.5, 0.6) is 5.75 Å². The van der Waals surface area contributed by atoms with Gasteiger partial charge in [-0.3, -0.25) is 14.4 Å². The predicted octanol–water partition coefficient (Wildman–Crippen LogP) is 1.88. The van der Waals surface area contributed by atoms with Crippen molar-refractivity contribution in [1.29, 1.82) is 0 Å². The molecule has 0 aliphatic rings. The van der Waals surface area contributed by atoms with Crippen LogP contribution in [0.1, 0.15) is 22.8 Å². The lowest BCUT2D eigenvalue weighted by atomic mass is 10.2. The monoisotopic (exact) mass is 369 g/mol. The van der Waals surface area contributed by atoms with Crippen molar-refractivity contribution >= 4 is 23.4 Å². The van der Waals surface area contributed by atoms with Crippen molar-refractivity contribution in [2.45, 2.75) is 13.8 Å². The van der Waals surface area contributed by atoms with Crippen LogP contribution in [-0.2, 0) is 9.59 Å². The Morgan fingerprint density at radius 3 is 2.26 bits per heavy atom. The van der Waals surface area contributed by atoms with Crippen LogP contribution in [-0.4, -0.2) is 37.4 Å². The Morgan fingerprint density at radius 1 is 0.926 bits per heavy atom. The lowest BCUT2D eigenvalue weighted by Crippen LogP contribution is -2.33. The molecule has 0 atom stereocenters. The second kappa shape index (κ2) is 9.96. The van der Waals surface area contributed by atoms with Gasteiger partial charge in [0, 0.05) is 31.3 Å². The van der Waals surface area contributed by atoms with Crippen LogP contribution in [0.4, 0.5) is 5.69 Å². The van der Waals surface area contributed by atoms with Gasteiger partial charge >= 0.3 is 0 Å². The number of ether oxygens (including phenoxy) is 1. The average molecular weight is 369 g/mol. The van der Waals surface area contributed by atoms with Gasteiger partial charge in [0.15, 0.2) is 6.61 Å². The maximum Gasteiger partial charge on any atom is 0.262 e. The fourth-order valence-electron chi connectivity index (χ4n) is 2.28. The van der Waals surface area contributed by atoms with Crippen molar-refractivity contribution in [3.63, 3.8) is 0 Å². The van der Waals surface area contributed by atoms with E-state index in [1.54, 1.807) is 24.3 Å². The molecule has 0 unspecified atom stereocenters. The second-order valence-electron chi connectivity index (χ2n) is 5.92.